The van der Waals surface area contributed by atoms with Crippen molar-refractivity contribution in [3.63, 3.8) is 0 Å². The molecule has 2 N–H and O–H groups in total. The summed E-state index contributed by atoms with van der Waals surface area (Å²) in [6, 6.07) is 5.00. The third-order valence-electron chi connectivity index (χ3n) is 4.56. The van der Waals surface area contributed by atoms with Gasteiger partial charge in [-0.1, -0.05) is 19.9 Å². The normalized spacial score (nSPS) is 14.8. The molecule has 3 aromatic heterocycles. The summed E-state index contributed by atoms with van der Waals surface area (Å²) in [6.07, 6.45) is 3.28. The van der Waals surface area contributed by atoms with Gasteiger partial charge in [0.15, 0.2) is 11.6 Å². The second kappa shape index (κ2) is 7.65. The molecule has 1 aliphatic heterocycles. The maximum Gasteiger partial charge on any atom is 0.281 e. The summed E-state index contributed by atoms with van der Waals surface area (Å²) in [6.45, 7) is 4.37. The molecule has 11 heteroatoms. The van der Waals surface area contributed by atoms with Crippen LogP contribution in [0, 0.1) is 5.92 Å². The van der Waals surface area contributed by atoms with Crippen LogP contribution in [0.2, 0.25) is 0 Å². The molecule has 0 aliphatic carbocycles. The van der Waals surface area contributed by atoms with Crippen molar-refractivity contribution in [2.24, 2.45) is 10.9 Å². The number of pyridine rings is 1. The van der Waals surface area contributed by atoms with Crippen LogP contribution in [0.15, 0.2) is 50.7 Å². The highest BCUT2D eigenvalue weighted by atomic mass is 32.2. The second-order valence-electron chi connectivity index (χ2n) is 7.17. The first-order chi connectivity index (χ1) is 14.3. The van der Waals surface area contributed by atoms with Crippen LogP contribution in [0.4, 0.5) is 5.69 Å². The molecule has 156 valence electrons. The standard InChI is InChI=1S/C19H19N5O4S2/c1-11(2)6-8-24-19(26)15(17(25)16(22-24)13-4-3-9-29-13)18-21-12-5-7-20-10-14(12)30(27,28)23-18/h3-5,7,9-11,25H,6,8H2,1-2H3,(H,21,23). The molecule has 4 heterocycles. The number of hydrogen-bond acceptors (Lipinski definition) is 8. The lowest BCUT2D eigenvalue weighted by Crippen LogP contribution is -2.39. The predicted molar refractivity (Wildman–Crippen MR) is 114 cm³/mol. The summed E-state index contributed by atoms with van der Waals surface area (Å²) in [4.78, 5) is 21.8. The summed E-state index contributed by atoms with van der Waals surface area (Å²) in [7, 11) is -4.00. The van der Waals surface area contributed by atoms with Crippen LogP contribution in [0.1, 0.15) is 25.8 Å². The summed E-state index contributed by atoms with van der Waals surface area (Å²) in [5.74, 6) is -0.331. The Morgan fingerprint density at radius 3 is 2.80 bits per heavy atom. The van der Waals surface area contributed by atoms with Gasteiger partial charge in [-0.05, 0) is 29.9 Å². The van der Waals surface area contributed by atoms with E-state index in [0.717, 1.165) is 0 Å². The smallest absolute Gasteiger partial charge is 0.281 e. The number of aromatic hydroxyl groups is 1. The zero-order chi connectivity index (χ0) is 21.5. The van der Waals surface area contributed by atoms with Crippen molar-refractivity contribution in [3.8, 4) is 16.3 Å². The molecule has 0 radical (unpaired) electrons. The molecular weight excluding hydrogens is 426 g/mol. The van der Waals surface area contributed by atoms with E-state index in [1.54, 1.807) is 12.1 Å². The van der Waals surface area contributed by atoms with Crippen molar-refractivity contribution < 1.29 is 13.5 Å². The Morgan fingerprint density at radius 2 is 2.10 bits per heavy atom. The second-order valence-corrected chi connectivity index (χ2v) is 9.77. The first kappa shape index (κ1) is 20.2. The van der Waals surface area contributed by atoms with Crippen molar-refractivity contribution in [2.45, 2.75) is 31.7 Å². The molecule has 0 fully saturated rings. The fourth-order valence-electron chi connectivity index (χ4n) is 2.99. The number of fused-ring (bicyclic) bond motifs is 1. The molecule has 0 atom stereocenters. The lowest BCUT2D eigenvalue weighted by Gasteiger charge is -2.19. The van der Waals surface area contributed by atoms with Gasteiger partial charge in [0.2, 0.25) is 0 Å². The SMILES string of the molecule is CC(C)CCn1nc(-c2cccs2)c(O)c(C2=Nc3ccncc3S(=O)(=O)N2)c1=O. The maximum absolute atomic E-state index is 13.2. The average molecular weight is 446 g/mol. The Hall–Kier alpha value is -3.05. The molecule has 3 aromatic rings. The monoisotopic (exact) mass is 445 g/mol. The van der Waals surface area contributed by atoms with Gasteiger partial charge in [-0.2, -0.15) is 5.10 Å². The zero-order valence-corrected chi connectivity index (χ0v) is 17.9. The van der Waals surface area contributed by atoms with Gasteiger partial charge in [0.05, 0.1) is 10.6 Å². The third-order valence-corrected chi connectivity index (χ3v) is 6.79. The first-order valence-electron chi connectivity index (χ1n) is 9.22. The van der Waals surface area contributed by atoms with Gasteiger partial charge >= 0.3 is 0 Å². The van der Waals surface area contributed by atoms with Crippen LogP contribution < -0.4 is 10.3 Å². The van der Waals surface area contributed by atoms with Crippen molar-refractivity contribution in [1.29, 1.82) is 0 Å². The minimum atomic E-state index is -4.00. The van der Waals surface area contributed by atoms with Crippen LogP contribution in [0.5, 0.6) is 5.75 Å². The van der Waals surface area contributed by atoms with E-state index in [4.69, 9.17) is 0 Å². The van der Waals surface area contributed by atoms with Crippen LogP contribution in [0.3, 0.4) is 0 Å². The van der Waals surface area contributed by atoms with Gasteiger partial charge in [-0.25, -0.2) is 18.1 Å². The third kappa shape index (κ3) is 3.61. The molecule has 1 aliphatic rings. The average Bonchev–Trinajstić information content (AvgIpc) is 3.21. The molecule has 0 bridgehead atoms. The first-order valence-corrected chi connectivity index (χ1v) is 11.6. The van der Waals surface area contributed by atoms with E-state index in [2.05, 4.69) is 19.8 Å². The molecular formula is C19H19N5O4S2. The number of aliphatic imine (C=N–C) groups is 1. The fourth-order valence-corrected chi connectivity index (χ4v) is 4.80. The van der Waals surface area contributed by atoms with E-state index >= 15 is 0 Å². The molecule has 0 unspecified atom stereocenters. The number of hydrogen-bond donors (Lipinski definition) is 2. The Balaban J connectivity index is 1.96. The van der Waals surface area contributed by atoms with Gasteiger partial charge in [0, 0.05) is 18.9 Å². The van der Waals surface area contributed by atoms with Crippen LogP contribution in [0.25, 0.3) is 10.6 Å². The highest BCUT2D eigenvalue weighted by molar-refractivity contribution is 7.90. The van der Waals surface area contributed by atoms with Crippen molar-refractivity contribution in [1.82, 2.24) is 19.5 Å². The number of nitrogens with one attached hydrogen (secondary N) is 1. The van der Waals surface area contributed by atoms with E-state index in [1.165, 1.54) is 34.5 Å². The molecule has 0 spiro atoms. The molecule has 30 heavy (non-hydrogen) atoms. The largest absolute Gasteiger partial charge is 0.505 e. The van der Waals surface area contributed by atoms with E-state index in [9.17, 15) is 18.3 Å². The van der Waals surface area contributed by atoms with E-state index in [1.807, 2.05) is 19.2 Å². The van der Waals surface area contributed by atoms with Crippen LogP contribution in [-0.2, 0) is 16.6 Å². The van der Waals surface area contributed by atoms with Crippen LogP contribution >= 0.6 is 11.3 Å². The van der Waals surface area contributed by atoms with E-state index in [-0.39, 0.29) is 27.7 Å². The molecule has 0 amide bonds. The van der Waals surface area contributed by atoms with Gasteiger partial charge in [0.25, 0.3) is 15.6 Å². The van der Waals surface area contributed by atoms with E-state index < -0.39 is 21.3 Å². The van der Waals surface area contributed by atoms with E-state index in [0.29, 0.717) is 23.8 Å². The Morgan fingerprint density at radius 1 is 1.30 bits per heavy atom. The predicted octanol–water partition coefficient (Wildman–Crippen LogP) is 2.49. The minimum Gasteiger partial charge on any atom is -0.505 e. The number of aryl methyl sites for hydroxylation is 1. The lowest BCUT2D eigenvalue weighted by atomic mass is 10.1. The number of aromatic nitrogens is 3. The summed E-state index contributed by atoms with van der Waals surface area (Å²) < 4.78 is 28.9. The Kier molecular flexibility index (Phi) is 5.16. The number of amidine groups is 1. The summed E-state index contributed by atoms with van der Waals surface area (Å²) in [5, 5.41) is 17.1. The number of sulfonamides is 1. The topological polar surface area (TPSA) is 127 Å². The molecule has 0 saturated carbocycles. The lowest BCUT2D eigenvalue weighted by molar-refractivity contribution is 0.444. The van der Waals surface area contributed by atoms with Crippen molar-refractivity contribution in [2.75, 3.05) is 0 Å². The minimum absolute atomic E-state index is 0.0964. The summed E-state index contributed by atoms with van der Waals surface area (Å²) in [5.41, 5.74) is -0.512. The van der Waals surface area contributed by atoms with Gasteiger partial charge in [0.1, 0.15) is 16.2 Å². The number of thiophene rings is 1. The van der Waals surface area contributed by atoms with Crippen molar-refractivity contribution >= 4 is 32.9 Å². The fraction of sp³-hybridized carbons (Fsp3) is 0.263. The van der Waals surface area contributed by atoms with Gasteiger partial charge < -0.3 is 5.11 Å². The van der Waals surface area contributed by atoms with Crippen molar-refractivity contribution in [3.05, 3.63) is 51.9 Å². The van der Waals surface area contributed by atoms with Gasteiger partial charge in [-0.15, -0.1) is 11.3 Å². The van der Waals surface area contributed by atoms with Crippen LogP contribution in [-0.4, -0.2) is 34.1 Å². The maximum atomic E-state index is 13.2. The molecule has 0 saturated heterocycles. The number of nitrogens with zero attached hydrogens (tertiary/aromatic N) is 4. The Bertz CT molecular complexity index is 1290. The highest BCUT2D eigenvalue weighted by Crippen LogP contribution is 2.34. The number of rotatable bonds is 5. The highest BCUT2D eigenvalue weighted by Gasteiger charge is 2.31. The molecule has 4 rings (SSSR count). The zero-order valence-electron chi connectivity index (χ0n) is 16.2. The Labute approximate surface area is 176 Å². The molecule has 0 aromatic carbocycles. The van der Waals surface area contributed by atoms with Gasteiger partial charge in [-0.3, -0.25) is 14.5 Å². The quantitative estimate of drug-likeness (QED) is 0.621. The summed E-state index contributed by atoms with van der Waals surface area (Å²) >= 11 is 1.35. The molecule has 9 nitrogen and oxygen atoms in total.